The van der Waals surface area contributed by atoms with Gasteiger partial charge in [0.1, 0.15) is 11.9 Å². The second-order valence-electron chi connectivity index (χ2n) is 2.71. The number of nitrogens with zero attached hydrogens (tertiary/aromatic N) is 2. The highest BCUT2D eigenvalue weighted by Gasteiger charge is 2.48. The van der Waals surface area contributed by atoms with Crippen LogP contribution in [0.4, 0.5) is 4.79 Å². The average molecular weight is 202 g/mol. The van der Waals surface area contributed by atoms with E-state index in [0.29, 0.717) is 0 Å². The van der Waals surface area contributed by atoms with E-state index >= 15 is 0 Å². The van der Waals surface area contributed by atoms with E-state index in [2.05, 4.69) is 5.32 Å². The van der Waals surface area contributed by atoms with Crippen molar-refractivity contribution < 1.29 is 9.59 Å². The summed E-state index contributed by atoms with van der Waals surface area (Å²) in [6.45, 7) is 1.73. The van der Waals surface area contributed by atoms with Crippen molar-refractivity contribution >= 4 is 23.5 Å². The molecule has 1 aliphatic rings. The number of nitriles is 1. The Hall–Kier alpha value is -1.28. The molecule has 6 heteroatoms. The molecule has 0 bridgehead atoms. The molecule has 3 amide bonds. The lowest BCUT2D eigenvalue weighted by Gasteiger charge is -2.02. The minimum absolute atomic E-state index is 0.117. The van der Waals surface area contributed by atoms with Crippen molar-refractivity contribution in [1.82, 2.24) is 10.2 Å². The van der Waals surface area contributed by atoms with Crippen molar-refractivity contribution in [1.29, 1.82) is 5.26 Å². The first-order valence-electron chi connectivity index (χ1n) is 3.69. The van der Waals surface area contributed by atoms with Crippen LogP contribution in [0.5, 0.6) is 0 Å². The van der Waals surface area contributed by atoms with Gasteiger partial charge in [-0.05, 0) is 6.92 Å². The number of carbonyl (C=O) groups excluding carboxylic acids is 2. The van der Waals surface area contributed by atoms with Gasteiger partial charge in [0.2, 0.25) is 5.91 Å². The number of rotatable bonds is 1. The molecule has 1 N–H and O–H groups in total. The molecule has 1 fully saturated rings. The van der Waals surface area contributed by atoms with E-state index in [4.69, 9.17) is 16.9 Å². The zero-order valence-corrected chi connectivity index (χ0v) is 7.71. The molecule has 1 heterocycles. The first kappa shape index (κ1) is 9.81. The van der Waals surface area contributed by atoms with Crippen LogP contribution in [-0.4, -0.2) is 34.8 Å². The average Bonchev–Trinajstić information content (AvgIpc) is 2.76. The van der Waals surface area contributed by atoms with Crippen LogP contribution in [0.15, 0.2) is 0 Å². The molecule has 0 aromatic rings. The molecular formula is C7H8ClN3O2. The minimum Gasteiger partial charge on any atom is -0.300 e. The first-order chi connectivity index (χ1) is 6.11. The lowest BCUT2D eigenvalue weighted by atomic mass is 10.4. The Bertz CT molecular complexity index is 286. The summed E-state index contributed by atoms with van der Waals surface area (Å²) in [6, 6.07) is 0.849. The summed E-state index contributed by atoms with van der Waals surface area (Å²) in [7, 11) is 0. The summed E-state index contributed by atoms with van der Waals surface area (Å²) >= 11 is 5.18. The third kappa shape index (κ3) is 1.90. The van der Waals surface area contributed by atoms with Gasteiger partial charge < -0.3 is 4.90 Å². The number of carbonyl (C=O) groups is 2. The largest absolute Gasteiger partial charge is 0.325 e. The molecule has 0 aromatic heterocycles. The summed E-state index contributed by atoms with van der Waals surface area (Å²) in [6.07, 6.45) is 0. The van der Waals surface area contributed by atoms with E-state index in [9.17, 15) is 9.59 Å². The van der Waals surface area contributed by atoms with E-state index in [1.807, 2.05) is 6.07 Å². The Balaban J connectivity index is 2.44. The molecule has 1 aliphatic heterocycles. The SMILES string of the molecule is CC1C(C#N)N1C(=O)NC(=O)CCl. The summed E-state index contributed by atoms with van der Waals surface area (Å²) in [4.78, 5) is 23.1. The summed E-state index contributed by atoms with van der Waals surface area (Å²) in [5, 5.41) is 10.6. The van der Waals surface area contributed by atoms with Crippen LogP contribution in [0.2, 0.25) is 0 Å². The van der Waals surface area contributed by atoms with Crippen LogP contribution in [0.3, 0.4) is 0 Å². The first-order valence-corrected chi connectivity index (χ1v) is 4.23. The lowest BCUT2D eigenvalue weighted by molar-refractivity contribution is -0.117. The van der Waals surface area contributed by atoms with Crippen LogP contribution in [0, 0.1) is 11.3 Å². The summed E-state index contributed by atoms with van der Waals surface area (Å²) < 4.78 is 0. The molecule has 0 spiro atoms. The predicted octanol–water partition coefficient (Wildman–Crippen LogP) is 0.0577. The Morgan fingerprint density at radius 2 is 2.31 bits per heavy atom. The van der Waals surface area contributed by atoms with Gasteiger partial charge in [-0.3, -0.25) is 10.1 Å². The molecule has 1 saturated heterocycles. The van der Waals surface area contributed by atoms with Gasteiger partial charge in [-0.25, -0.2) is 4.79 Å². The molecule has 1 rings (SSSR count). The number of nitrogens with one attached hydrogen (secondary N) is 1. The van der Waals surface area contributed by atoms with Gasteiger partial charge in [0.05, 0.1) is 12.1 Å². The number of amides is 3. The Labute approximate surface area is 80.3 Å². The molecule has 5 nitrogen and oxygen atoms in total. The standard InChI is InChI=1S/C7H8ClN3O2/c1-4-5(3-9)11(4)7(13)10-6(12)2-8/h4-5H,2H2,1H3,(H,10,12,13). The molecular weight excluding hydrogens is 194 g/mol. The van der Waals surface area contributed by atoms with Crippen LogP contribution in [0.1, 0.15) is 6.92 Å². The zero-order chi connectivity index (χ0) is 10.0. The number of imide groups is 1. The van der Waals surface area contributed by atoms with E-state index in [1.165, 1.54) is 4.90 Å². The monoisotopic (exact) mass is 201 g/mol. The molecule has 2 atom stereocenters. The molecule has 0 aromatic carbocycles. The summed E-state index contributed by atoms with van der Waals surface area (Å²) in [5.41, 5.74) is 0. The molecule has 13 heavy (non-hydrogen) atoms. The van der Waals surface area contributed by atoms with Crippen LogP contribution < -0.4 is 5.32 Å². The second-order valence-corrected chi connectivity index (χ2v) is 2.98. The normalized spacial score (nSPS) is 24.8. The zero-order valence-electron chi connectivity index (χ0n) is 6.95. The minimum atomic E-state index is -0.553. The van der Waals surface area contributed by atoms with Crippen LogP contribution in [-0.2, 0) is 4.79 Å². The number of urea groups is 1. The maximum atomic E-state index is 11.1. The number of hydrogen-bond acceptors (Lipinski definition) is 3. The van der Waals surface area contributed by atoms with Crippen molar-refractivity contribution in [2.24, 2.45) is 0 Å². The van der Waals surface area contributed by atoms with Gasteiger partial charge in [0.25, 0.3) is 0 Å². The number of halogens is 1. The third-order valence-electron chi connectivity index (χ3n) is 1.84. The molecule has 0 radical (unpaired) electrons. The maximum Gasteiger partial charge on any atom is 0.325 e. The maximum absolute atomic E-state index is 11.1. The highest BCUT2D eigenvalue weighted by atomic mass is 35.5. The van der Waals surface area contributed by atoms with Gasteiger partial charge in [-0.2, -0.15) is 5.26 Å². The van der Waals surface area contributed by atoms with Crippen molar-refractivity contribution in [2.75, 3.05) is 5.88 Å². The van der Waals surface area contributed by atoms with Crippen LogP contribution in [0.25, 0.3) is 0 Å². The van der Waals surface area contributed by atoms with Gasteiger partial charge in [-0.15, -0.1) is 11.6 Å². The Kier molecular flexibility index (Phi) is 2.73. The van der Waals surface area contributed by atoms with Crippen molar-refractivity contribution in [3.8, 4) is 6.07 Å². The van der Waals surface area contributed by atoms with Crippen molar-refractivity contribution in [3.05, 3.63) is 0 Å². The summed E-state index contributed by atoms with van der Waals surface area (Å²) in [5.74, 6) is -0.812. The van der Waals surface area contributed by atoms with E-state index in [1.54, 1.807) is 6.92 Å². The fourth-order valence-electron chi connectivity index (χ4n) is 1.05. The smallest absolute Gasteiger partial charge is 0.300 e. The quantitative estimate of drug-likeness (QED) is 0.482. The predicted molar refractivity (Wildman–Crippen MR) is 45.0 cm³/mol. The van der Waals surface area contributed by atoms with E-state index in [-0.39, 0.29) is 11.9 Å². The van der Waals surface area contributed by atoms with Gasteiger partial charge in [-0.1, -0.05) is 0 Å². The Morgan fingerprint density at radius 3 is 2.69 bits per heavy atom. The number of alkyl halides is 1. The Morgan fingerprint density at radius 1 is 1.69 bits per heavy atom. The highest BCUT2D eigenvalue weighted by Crippen LogP contribution is 2.26. The fraction of sp³-hybridized carbons (Fsp3) is 0.571. The van der Waals surface area contributed by atoms with Gasteiger partial charge in [0.15, 0.2) is 0 Å². The molecule has 70 valence electrons. The topological polar surface area (TPSA) is 73.0 Å². The van der Waals surface area contributed by atoms with Gasteiger partial charge in [0, 0.05) is 0 Å². The molecule has 0 aliphatic carbocycles. The highest BCUT2D eigenvalue weighted by molar-refractivity contribution is 6.28. The third-order valence-corrected chi connectivity index (χ3v) is 2.08. The fourth-order valence-corrected chi connectivity index (χ4v) is 1.11. The van der Waals surface area contributed by atoms with Crippen molar-refractivity contribution in [3.63, 3.8) is 0 Å². The van der Waals surface area contributed by atoms with Gasteiger partial charge >= 0.3 is 6.03 Å². The number of hydrogen-bond donors (Lipinski definition) is 1. The molecule has 0 saturated carbocycles. The lowest BCUT2D eigenvalue weighted by Crippen LogP contribution is -2.36. The van der Waals surface area contributed by atoms with Crippen molar-refractivity contribution in [2.45, 2.75) is 19.0 Å². The van der Waals surface area contributed by atoms with E-state index in [0.717, 1.165) is 0 Å². The second kappa shape index (κ2) is 3.62. The molecule has 2 unspecified atom stereocenters. The van der Waals surface area contributed by atoms with E-state index < -0.39 is 18.0 Å². The van der Waals surface area contributed by atoms with Crippen LogP contribution >= 0.6 is 11.6 Å².